The summed E-state index contributed by atoms with van der Waals surface area (Å²) in [6.07, 6.45) is 2.76. The van der Waals surface area contributed by atoms with Gasteiger partial charge in [-0.15, -0.1) is 0 Å². The molecule has 17 heavy (non-hydrogen) atoms. The van der Waals surface area contributed by atoms with E-state index in [0.717, 1.165) is 37.9 Å². The zero-order chi connectivity index (χ0) is 12.3. The van der Waals surface area contributed by atoms with Crippen molar-refractivity contribution in [2.75, 3.05) is 20.2 Å². The number of rotatable bonds is 3. The molecular weight excluding hydrogens is 217 g/mol. The maximum atomic E-state index is 13.5. The summed E-state index contributed by atoms with van der Waals surface area (Å²) in [6, 6.07) is 5.48. The molecule has 94 valence electrons. The van der Waals surface area contributed by atoms with Crippen molar-refractivity contribution in [1.82, 2.24) is 5.32 Å². The van der Waals surface area contributed by atoms with Gasteiger partial charge in [0.1, 0.15) is 5.82 Å². The van der Waals surface area contributed by atoms with Crippen LogP contribution in [0.3, 0.4) is 0 Å². The molecule has 0 aromatic heterocycles. The van der Waals surface area contributed by atoms with Crippen molar-refractivity contribution in [3.05, 3.63) is 35.1 Å². The second kappa shape index (κ2) is 5.15. The van der Waals surface area contributed by atoms with Crippen molar-refractivity contribution >= 4 is 0 Å². The van der Waals surface area contributed by atoms with Crippen molar-refractivity contribution < 1.29 is 9.13 Å². The lowest BCUT2D eigenvalue weighted by atomic mass is 9.85. The fourth-order valence-electron chi connectivity index (χ4n) is 2.45. The molecule has 0 spiro atoms. The molecule has 0 aliphatic carbocycles. The number of benzene rings is 1. The quantitative estimate of drug-likeness (QED) is 0.872. The van der Waals surface area contributed by atoms with E-state index >= 15 is 0 Å². The minimum absolute atomic E-state index is 0.118. The first kappa shape index (κ1) is 12.5. The van der Waals surface area contributed by atoms with Gasteiger partial charge in [0, 0.05) is 13.5 Å². The Morgan fingerprint density at radius 1 is 1.35 bits per heavy atom. The van der Waals surface area contributed by atoms with Gasteiger partial charge >= 0.3 is 0 Å². The fourth-order valence-corrected chi connectivity index (χ4v) is 2.45. The summed E-state index contributed by atoms with van der Waals surface area (Å²) in [5.41, 5.74) is 1.61. The third-order valence-electron chi connectivity index (χ3n) is 3.71. The monoisotopic (exact) mass is 237 g/mol. The van der Waals surface area contributed by atoms with Gasteiger partial charge in [-0.25, -0.2) is 4.39 Å². The predicted molar refractivity (Wildman–Crippen MR) is 66.7 cm³/mol. The first-order valence-electron chi connectivity index (χ1n) is 6.16. The van der Waals surface area contributed by atoms with E-state index in [2.05, 4.69) is 5.32 Å². The highest BCUT2D eigenvalue weighted by molar-refractivity contribution is 5.24. The van der Waals surface area contributed by atoms with Crippen LogP contribution in [-0.2, 0) is 11.2 Å². The topological polar surface area (TPSA) is 21.3 Å². The van der Waals surface area contributed by atoms with Crippen LogP contribution < -0.4 is 5.32 Å². The van der Waals surface area contributed by atoms with E-state index < -0.39 is 0 Å². The van der Waals surface area contributed by atoms with Gasteiger partial charge in [-0.05, 0) is 50.0 Å². The lowest BCUT2D eigenvalue weighted by Gasteiger charge is -2.36. The summed E-state index contributed by atoms with van der Waals surface area (Å²) >= 11 is 0. The highest BCUT2D eigenvalue weighted by Gasteiger charge is 2.31. The van der Waals surface area contributed by atoms with Gasteiger partial charge in [-0.1, -0.05) is 12.1 Å². The number of methoxy groups -OCH3 is 1. The van der Waals surface area contributed by atoms with Crippen LogP contribution in [0.1, 0.15) is 24.0 Å². The third-order valence-corrected chi connectivity index (χ3v) is 3.71. The number of piperidine rings is 1. The van der Waals surface area contributed by atoms with E-state index in [9.17, 15) is 4.39 Å². The summed E-state index contributed by atoms with van der Waals surface area (Å²) in [7, 11) is 1.76. The molecule has 1 heterocycles. The van der Waals surface area contributed by atoms with Crippen molar-refractivity contribution in [3.63, 3.8) is 0 Å². The standard InChI is InChI=1S/C14H20FNO/c1-11-3-4-12(9-13(11)15)10-14(17-2)5-7-16-8-6-14/h3-4,9,16H,5-8,10H2,1-2H3. The molecule has 0 unspecified atom stereocenters. The molecule has 1 saturated heterocycles. The first-order chi connectivity index (χ1) is 8.15. The van der Waals surface area contributed by atoms with Crippen LogP contribution in [0.4, 0.5) is 4.39 Å². The molecule has 1 aromatic carbocycles. The van der Waals surface area contributed by atoms with Crippen molar-refractivity contribution in [2.45, 2.75) is 31.8 Å². The van der Waals surface area contributed by atoms with Crippen LogP contribution in [0.2, 0.25) is 0 Å². The second-order valence-electron chi connectivity index (χ2n) is 4.90. The van der Waals surface area contributed by atoms with Crippen molar-refractivity contribution in [2.24, 2.45) is 0 Å². The Morgan fingerprint density at radius 2 is 2.06 bits per heavy atom. The minimum atomic E-state index is -0.123. The first-order valence-corrected chi connectivity index (χ1v) is 6.16. The predicted octanol–water partition coefficient (Wildman–Crippen LogP) is 2.45. The Hall–Kier alpha value is -0.930. The fraction of sp³-hybridized carbons (Fsp3) is 0.571. The Labute approximate surface area is 102 Å². The average Bonchev–Trinajstić information content (AvgIpc) is 2.35. The molecule has 0 amide bonds. The molecular formula is C14H20FNO. The zero-order valence-electron chi connectivity index (χ0n) is 10.6. The molecule has 0 atom stereocenters. The molecule has 0 radical (unpaired) electrons. The molecule has 2 rings (SSSR count). The zero-order valence-corrected chi connectivity index (χ0v) is 10.6. The molecule has 1 N–H and O–H groups in total. The lowest BCUT2D eigenvalue weighted by Crippen LogP contribution is -2.45. The molecule has 0 saturated carbocycles. The SMILES string of the molecule is COC1(Cc2ccc(C)c(F)c2)CCNCC1. The van der Waals surface area contributed by atoms with Gasteiger partial charge in [-0.3, -0.25) is 0 Å². The maximum Gasteiger partial charge on any atom is 0.126 e. The van der Waals surface area contributed by atoms with E-state index in [0.29, 0.717) is 5.56 Å². The van der Waals surface area contributed by atoms with Gasteiger partial charge in [0.25, 0.3) is 0 Å². The summed E-state index contributed by atoms with van der Waals surface area (Å²) in [4.78, 5) is 0. The van der Waals surface area contributed by atoms with Gasteiger partial charge in [0.2, 0.25) is 0 Å². The molecule has 2 nitrogen and oxygen atoms in total. The van der Waals surface area contributed by atoms with Gasteiger partial charge in [0.15, 0.2) is 0 Å². The molecule has 0 bridgehead atoms. The van der Waals surface area contributed by atoms with Crippen LogP contribution in [0.25, 0.3) is 0 Å². The molecule has 1 fully saturated rings. The van der Waals surface area contributed by atoms with E-state index in [-0.39, 0.29) is 11.4 Å². The van der Waals surface area contributed by atoms with Crippen LogP contribution in [0.5, 0.6) is 0 Å². The number of halogens is 1. The summed E-state index contributed by atoms with van der Waals surface area (Å²) in [6.45, 7) is 3.74. The van der Waals surface area contributed by atoms with Crippen LogP contribution in [0.15, 0.2) is 18.2 Å². The number of hydrogen-bond donors (Lipinski definition) is 1. The highest BCUT2D eigenvalue weighted by Crippen LogP contribution is 2.27. The third kappa shape index (κ3) is 2.85. The average molecular weight is 237 g/mol. The van der Waals surface area contributed by atoms with Crippen LogP contribution >= 0.6 is 0 Å². The molecule has 1 aliphatic rings. The number of nitrogens with one attached hydrogen (secondary N) is 1. The molecule has 3 heteroatoms. The highest BCUT2D eigenvalue weighted by atomic mass is 19.1. The van der Waals surface area contributed by atoms with Crippen molar-refractivity contribution in [3.8, 4) is 0 Å². The smallest absolute Gasteiger partial charge is 0.126 e. The number of ether oxygens (including phenoxy) is 1. The molecule has 1 aromatic rings. The minimum Gasteiger partial charge on any atom is -0.378 e. The van der Waals surface area contributed by atoms with Crippen molar-refractivity contribution in [1.29, 1.82) is 0 Å². The summed E-state index contributed by atoms with van der Waals surface area (Å²) in [5, 5.41) is 3.33. The molecule has 1 aliphatic heterocycles. The lowest BCUT2D eigenvalue weighted by molar-refractivity contribution is -0.0334. The van der Waals surface area contributed by atoms with Gasteiger partial charge < -0.3 is 10.1 Å². The Kier molecular flexibility index (Phi) is 3.79. The second-order valence-corrected chi connectivity index (χ2v) is 4.90. The van der Waals surface area contributed by atoms with Gasteiger partial charge in [0.05, 0.1) is 5.60 Å². The number of hydrogen-bond acceptors (Lipinski definition) is 2. The normalized spacial score (nSPS) is 19.2. The maximum absolute atomic E-state index is 13.5. The van der Waals surface area contributed by atoms with E-state index in [1.165, 1.54) is 0 Å². The summed E-state index contributed by atoms with van der Waals surface area (Å²) < 4.78 is 19.2. The van der Waals surface area contributed by atoms with Gasteiger partial charge in [-0.2, -0.15) is 0 Å². The Balaban J connectivity index is 2.14. The van der Waals surface area contributed by atoms with Crippen LogP contribution in [0, 0.1) is 12.7 Å². The van der Waals surface area contributed by atoms with E-state index in [1.807, 2.05) is 12.1 Å². The summed E-state index contributed by atoms with van der Waals surface area (Å²) in [5.74, 6) is -0.123. The van der Waals surface area contributed by atoms with E-state index in [1.54, 1.807) is 20.1 Å². The Morgan fingerprint density at radius 3 is 2.65 bits per heavy atom. The largest absolute Gasteiger partial charge is 0.378 e. The van der Waals surface area contributed by atoms with E-state index in [4.69, 9.17) is 4.74 Å². The number of aryl methyl sites for hydroxylation is 1. The van der Waals surface area contributed by atoms with Crippen LogP contribution in [-0.4, -0.2) is 25.8 Å². The Bertz CT molecular complexity index is 386.